The van der Waals surface area contributed by atoms with E-state index in [2.05, 4.69) is 17.4 Å². The lowest BCUT2D eigenvalue weighted by atomic mass is 10.2. The number of fused-ring (bicyclic) bond motifs is 2. The van der Waals surface area contributed by atoms with Gasteiger partial charge in [0.1, 0.15) is 0 Å². The molecule has 0 fully saturated rings. The molecule has 1 N–H and O–H groups in total. The summed E-state index contributed by atoms with van der Waals surface area (Å²) in [6.07, 6.45) is 0. The quantitative estimate of drug-likeness (QED) is 0.575. The highest BCUT2D eigenvalue weighted by atomic mass is 16.5. The van der Waals surface area contributed by atoms with Gasteiger partial charge in [0.15, 0.2) is 11.5 Å². The normalized spacial score (nSPS) is 12.0. The van der Waals surface area contributed by atoms with E-state index in [0.717, 1.165) is 22.9 Å². The molecule has 0 aliphatic carbocycles. The smallest absolute Gasteiger partial charge is 0.151 e. The van der Waals surface area contributed by atoms with Crippen molar-refractivity contribution < 1.29 is 4.74 Å². The van der Waals surface area contributed by atoms with Gasteiger partial charge in [-0.05, 0) is 36.4 Å². The van der Waals surface area contributed by atoms with Crippen LogP contribution in [0.5, 0.6) is 11.5 Å². The summed E-state index contributed by atoms with van der Waals surface area (Å²) in [6.45, 7) is 0. The van der Waals surface area contributed by atoms with Crippen LogP contribution in [0.2, 0.25) is 0 Å². The first-order chi connectivity index (χ1) is 6.93. The van der Waals surface area contributed by atoms with E-state index >= 15 is 0 Å². The Bertz CT molecular complexity index is 392. The van der Waals surface area contributed by atoms with Gasteiger partial charge in [-0.15, -0.1) is 0 Å². The third-order valence-electron chi connectivity index (χ3n) is 2.14. The van der Waals surface area contributed by atoms with Gasteiger partial charge in [0.2, 0.25) is 0 Å². The maximum absolute atomic E-state index is 5.65. The molecular weight excluding hydrogens is 174 g/mol. The molecule has 0 saturated heterocycles. The number of hydrogen-bond donors (Lipinski definition) is 1. The molecule has 2 heteroatoms. The molecule has 2 nitrogen and oxygen atoms in total. The van der Waals surface area contributed by atoms with Crippen molar-refractivity contribution in [2.45, 2.75) is 0 Å². The summed E-state index contributed by atoms with van der Waals surface area (Å²) < 4.78 is 5.65. The van der Waals surface area contributed by atoms with Crippen LogP contribution in [0.15, 0.2) is 36.4 Å². The molecule has 66 valence electrons. The Morgan fingerprint density at radius 3 is 2.07 bits per heavy atom. The Balaban J connectivity index is 2.12. The van der Waals surface area contributed by atoms with Crippen LogP contribution in [0.4, 0.5) is 11.4 Å². The summed E-state index contributed by atoms with van der Waals surface area (Å²) in [6, 6.07) is 17.2. The van der Waals surface area contributed by atoms with Gasteiger partial charge in [-0.3, -0.25) is 0 Å². The first kappa shape index (κ1) is 7.44. The summed E-state index contributed by atoms with van der Waals surface area (Å²) in [5.41, 5.74) is 1.95. The van der Waals surface area contributed by atoms with Gasteiger partial charge < -0.3 is 10.1 Å². The largest absolute Gasteiger partial charge is 0.453 e. The number of nitrogens with one attached hydrogen (secondary N) is 1. The van der Waals surface area contributed by atoms with E-state index in [-0.39, 0.29) is 0 Å². The maximum Gasteiger partial charge on any atom is 0.151 e. The van der Waals surface area contributed by atoms with Gasteiger partial charge in [0, 0.05) is 0 Å². The lowest BCUT2D eigenvalue weighted by Gasteiger charge is -2.20. The zero-order valence-corrected chi connectivity index (χ0v) is 7.37. The topological polar surface area (TPSA) is 21.3 Å². The van der Waals surface area contributed by atoms with Crippen molar-refractivity contribution >= 4 is 11.4 Å². The lowest BCUT2D eigenvalue weighted by molar-refractivity contribution is 0.481. The molecular formula is C12H7NO. The van der Waals surface area contributed by atoms with Crippen LogP contribution in [0.3, 0.4) is 0 Å². The Morgan fingerprint density at radius 1 is 0.929 bits per heavy atom. The van der Waals surface area contributed by atoms with Crippen molar-refractivity contribution in [1.82, 2.24) is 0 Å². The molecule has 1 aliphatic rings. The number of ether oxygens (including phenoxy) is 1. The third-order valence-corrected chi connectivity index (χ3v) is 2.14. The first-order valence-electron chi connectivity index (χ1n) is 4.38. The molecule has 2 aromatic rings. The van der Waals surface area contributed by atoms with Crippen LogP contribution in [-0.2, 0) is 0 Å². The predicted octanol–water partition coefficient (Wildman–Crippen LogP) is 3.14. The van der Waals surface area contributed by atoms with Crippen LogP contribution >= 0.6 is 0 Å². The minimum Gasteiger partial charge on any atom is -0.453 e. The van der Waals surface area contributed by atoms with Gasteiger partial charge in [0.05, 0.1) is 11.4 Å². The van der Waals surface area contributed by atoms with Gasteiger partial charge in [0.25, 0.3) is 0 Å². The Kier molecular flexibility index (Phi) is 1.47. The molecule has 0 saturated carbocycles. The minimum absolute atomic E-state index is 0.805. The van der Waals surface area contributed by atoms with E-state index in [9.17, 15) is 0 Å². The first-order valence-corrected chi connectivity index (χ1v) is 4.38. The van der Waals surface area contributed by atoms with Crippen LogP contribution in [0.25, 0.3) is 0 Å². The van der Waals surface area contributed by atoms with Gasteiger partial charge >= 0.3 is 0 Å². The molecule has 0 atom stereocenters. The summed E-state index contributed by atoms with van der Waals surface area (Å²) in [7, 11) is 0. The average molecular weight is 181 g/mol. The molecule has 3 rings (SSSR count). The van der Waals surface area contributed by atoms with Crippen LogP contribution < -0.4 is 10.1 Å². The molecule has 1 heterocycles. The standard InChI is InChI=1S/C12H7NO/c1-3-7-11-9(5-1)13-10-6-2-4-8-12(10)14-11/h1-2,5-8,13H. The summed E-state index contributed by atoms with van der Waals surface area (Å²) in [5.74, 6) is 1.61. The van der Waals surface area contributed by atoms with Crippen LogP contribution in [0.1, 0.15) is 0 Å². The summed E-state index contributed by atoms with van der Waals surface area (Å²) in [5, 5.41) is 3.28. The highest BCUT2D eigenvalue weighted by Crippen LogP contribution is 2.40. The Labute approximate surface area is 82.1 Å². The van der Waals surface area contributed by atoms with Crippen LogP contribution in [0, 0.1) is 12.1 Å². The average Bonchev–Trinajstić information content (AvgIpc) is 2.26. The monoisotopic (exact) mass is 181 g/mol. The Hall–Kier alpha value is -1.96. The molecule has 2 aromatic carbocycles. The fraction of sp³-hybridized carbons (Fsp3) is 0. The van der Waals surface area contributed by atoms with Gasteiger partial charge in [-0.25, -0.2) is 0 Å². The van der Waals surface area contributed by atoms with E-state index in [0.29, 0.717) is 0 Å². The van der Waals surface area contributed by atoms with Crippen molar-refractivity contribution in [3.05, 3.63) is 48.5 Å². The molecule has 0 spiro atoms. The lowest BCUT2D eigenvalue weighted by Crippen LogP contribution is -2.01. The summed E-state index contributed by atoms with van der Waals surface area (Å²) >= 11 is 0. The second-order valence-electron chi connectivity index (χ2n) is 3.07. The van der Waals surface area contributed by atoms with Crippen molar-refractivity contribution in [3.63, 3.8) is 0 Å². The van der Waals surface area contributed by atoms with E-state index in [1.54, 1.807) is 0 Å². The highest BCUT2D eigenvalue weighted by molar-refractivity contribution is 5.74. The molecule has 1 aliphatic heterocycles. The van der Waals surface area contributed by atoms with Crippen molar-refractivity contribution in [2.75, 3.05) is 5.32 Å². The maximum atomic E-state index is 5.65. The number of benzene rings is 2. The summed E-state index contributed by atoms with van der Waals surface area (Å²) in [4.78, 5) is 0. The second-order valence-corrected chi connectivity index (χ2v) is 3.07. The van der Waals surface area contributed by atoms with E-state index < -0.39 is 0 Å². The number of hydrogen-bond acceptors (Lipinski definition) is 2. The van der Waals surface area contributed by atoms with Gasteiger partial charge in [-0.1, -0.05) is 12.1 Å². The molecule has 0 unspecified atom stereocenters. The predicted molar refractivity (Wildman–Crippen MR) is 53.9 cm³/mol. The van der Waals surface area contributed by atoms with Gasteiger partial charge in [-0.2, -0.15) is 0 Å². The molecule has 0 bridgehead atoms. The molecule has 14 heavy (non-hydrogen) atoms. The molecule has 2 radical (unpaired) electrons. The second kappa shape index (κ2) is 2.77. The van der Waals surface area contributed by atoms with E-state index in [1.165, 1.54) is 0 Å². The molecule has 0 amide bonds. The molecule has 0 aromatic heterocycles. The van der Waals surface area contributed by atoms with Crippen molar-refractivity contribution in [1.29, 1.82) is 0 Å². The minimum atomic E-state index is 0.805. The van der Waals surface area contributed by atoms with Crippen LogP contribution in [-0.4, -0.2) is 0 Å². The fourth-order valence-corrected chi connectivity index (χ4v) is 1.47. The number of rotatable bonds is 0. The number of anilines is 2. The SMILES string of the molecule is [c]1ccc2c(c1)Oc1c[c]ccc1N2. The third kappa shape index (κ3) is 1.04. The van der Waals surface area contributed by atoms with Crippen molar-refractivity contribution in [3.8, 4) is 11.5 Å². The Morgan fingerprint density at radius 2 is 1.50 bits per heavy atom. The van der Waals surface area contributed by atoms with E-state index in [1.807, 2.05) is 36.4 Å². The zero-order valence-electron chi connectivity index (χ0n) is 7.37. The fourth-order valence-electron chi connectivity index (χ4n) is 1.47. The van der Waals surface area contributed by atoms with Crippen molar-refractivity contribution in [2.24, 2.45) is 0 Å². The highest BCUT2D eigenvalue weighted by Gasteiger charge is 2.14. The zero-order chi connectivity index (χ0) is 9.38. The van der Waals surface area contributed by atoms with E-state index in [4.69, 9.17) is 4.74 Å².